The van der Waals surface area contributed by atoms with E-state index < -0.39 is 8.07 Å². The fraction of sp³-hybridized carbons (Fsp3) is 0.137. The molecule has 0 spiro atoms. The molecule has 2 nitrogen and oxygen atoms in total. The lowest BCUT2D eigenvalue weighted by Gasteiger charge is -2.31. The molecule has 0 unspecified atom stereocenters. The standard InChI is InChI=1S/C51H45FN2Si/c1-34-21-23-38(24-22-34)54(48-20-11-14-35-13-7-8-17-42(35)48)49-33-47-50(44-19-10-9-18-43(44)49)45-30-27-40(32-46(45)51(47,2)3)53(39-16-12-15-36(52)31-39)37-25-28-41(29-26-37)55(4,5)6/h7-33H,1-6H3. The van der Waals surface area contributed by atoms with Crippen LogP contribution in [0, 0.1) is 12.7 Å². The third-order valence-corrected chi connectivity index (χ3v) is 13.6. The Hall–Kier alpha value is -5.97. The topological polar surface area (TPSA) is 6.48 Å². The van der Waals surface area contributed by atoms with Crippen molar-refractivity contribution in [1.29, 1.82) is 0 Å². The third-order valence-electron chi connectivity index (χ3n) is 11.5. The number of benzene rings is 8. The van der Waals surface area contributed by atoms with Gasteiger partial charge in [-0.05, 0) is 107 Å². The summed E-state index contributed by atoms with van der Waals surface area (Å²) in [6, 6.07) is 58.1. The average molecular weight is 733 g/mol. The monoisotopic (exact) mass is 732 g/mol. The Morgan fingerprint density at radius 1 is 0.491 bits per heavy atom. The van der Waals surface area contributed by atoms with E-state index in [9.17, 15) is 4.39 Å². The molecule has 0 aromatic heterocycles. The van der Waals surface area contributed by atoms with Crippen LogP contribution in [0.2, 0.25) is 19.6 Å². The predicted molar refractivity (Wildman–Crippen MR) is 236 cm³/mol. The highest BCUT2D eigenvalue weighted by atomic mass is 28.3. The summed E-state index contributed by atoms with van der Waals surface area (Å²) in [5.41, 5.74) is 12.2. The van der Waals surface area contributed by atoms with Crippen LogP contribution in [0.15, 0.2) is 164 Å². The number of hydrogen-bond acceptors (Lipinski definition) is 2. The summed E-state index contributed by atoms with van der Waals surface area (Å²) < 4.78 is 14.9. The van der Waals surface area contributed by atoms with Crippen molar-refractivity contribution in [3.63, 3.8) is 0 Å². The van der Waals surface area contributed by atoms with Gasteiger partial charge in [0.15, 0.2) is 0 Å². The smallest absolute Gasteiger partial charge is 0.125 e. The normalized spacial score (nSPS) is 13.1. The van der Waals surface area contributed by atoms with Crippen LogP contribution >= 0.6 is 0 Å². The molecule has 1 aliphatic rings. The molecular weight excluding hydrogens is 688 g/mol. The molecule has 9 rings (SSSR count). The van der Waals surface area contributed by atoms with E-state index in [1.54, 1.807) is 12.1 Å². The molecule has 55 heavy (non-hydrogen) atoms. The molecule has 270 valence electrons. The molecule has 0 fully saturated rings. The first kappa shape index (κ1) is 34.8. The van der Waals surface area contributed by atoms with Crippen molar-refractivity contribution in [3.05, 3.63) is 186 Å². The maximum absolute atomic E-state index is 14.9. The number of hydrogen-bond donors (Lipinski definition) is 0. The molecule has 4 heteroatoms. The van der Waals surface area contributed by atoms with Crippen LogP contribution in [0.25, 0.3) is 32.7 Å². The Kier molecular flexibility index (Phi) is 8.29. The molecule has 0 bridgehead atoms. The lowest BCUT2D eigenvalue weighted by atomic mass is 9.81. The number of fused-ring (bicyclic) bond motifs is 6. The van der Waals surface area contributed by atoms with Crippen molar-refractivity contribution in [1.82, 2.24) is 0 Å². The Labute approximate surface area is 325 Å². The summed E-state index contributed by atoms with van der Waals surface area (Å²) in [6.45, 7) is 13.9. The first-order valence-electron chi connectivity index (χ1n) is 19.2. The summed E-state index contributed by atoms with van der Waals surface area (Å²) in [7, 11) is -1.51. The zero-order chi connectivity index (χ0) is 38.1. The minimum atomic E-state index is -1.51. The molecule has 0 saturated carbocycles. The van der Waals surface area contributed by atoms with Crippen LogP contribution in [-0.4, -0.2) is 8.07 Å². The van der Waals surface area contributed by atoms with Gasteiger partial charge in [-0.15, -0.1) is 0 Å². The minimum Gasteiger partial charge on any atom is -0.310 e. The summed E-state index contributed by atoms with van der Waals surface area (Å²) >= 11 is 0. The number of halogens is 1. The number of aryl methyl sites for hydroxylation is 1. The highest BCUT2D eigenvalue weighted by Gasteiger charge is 2.38. The van der Waals surface area contributed by atoms with Crippen LogP contribution in [0.5, 0.6) is 0 Å². The zero-order valence-electron chi connectivity index (χ0n) is 32.4. The Morgan fingerprint density at radius 2 is 1.09 bits per heavy atom. The van der Waals surface area contributed by atoms with E-state index in [0.717, 1.165) is 34.1 Å². The van der Waals surface area contributed by atoms with Gasteiger partial charge in [0.1, 0.15) is 5.82 Å². The number of anilines is 6. The first-order valence-corrected chi connectivity index (χ1v) is 22.7. The van der Waals surface area contributed by atoms with Crippen molar-refractivity contribution in [3.8, 4) is 11.1 Å². The molecule has 0 heterocycles. The lowest BCUT2D eigenvalue weighted by molar-refractivity contribution is 0.628. The van der Waals surface area contributed by atoms with E-state index in [1.807, 2.05) is 6.07 Å². The van der Waals surface area contributed by atoms with Crippen LogP contribution in [0.1, 0.15) is 30.5 Å². The SMILES string of the molecule is Cc1ccc(N(c2cccc3ccccc23)c2cc3c(c4ccccc24)-c2ccc(N(c4ccc([Si](C)(C)C)cc4)c4cccc(F)c4)cc2C3(C)C)cc1. The summed E-state index contributed by atoms with van der Waals surface area (Å²) in [5.74, 6) is -0.251. The average Bonchev–Trinajstić information content (AvgIpc) is 3.41. The van der Waals surface area contributed by atoms with E-state index in [1.165, 1.54) is 60.6 Å². The number of rotatable bonds is 7. The third kappa shape index (κ3) is 5.93. The van der Waals surface area contributed by atoms with E-state index in [0.29, 0.717) is 0 Å². The summed E-state index contributed by atoms with van der Waals surface area (Å²) in [5, 5.41) is 6.24. The summed E-state index contributed by atoms with van der Waals surface area (Å²) in [6.07, 6.45) is 0. The van der Waals surface area contributed by atoms with Crippen molar-refractivity contribution in [2.75, 3.05) is 9.80 Å². The van der Waals surface area contributed by atoms with Crippen molar-refractivity contribution >= 4 is 68.9 Å². The van der Waals surface area contributed by atoms with Gasteiger partial charge in [-0.2, -0.15) is 0 Å². The molecule has 0 amide bonds. The second kappa shape index (κ2) is 13.1. The zero-order valence-corrected chi connectivity index (χ0v) is 33.4. The second-order valence-corrected chi connectivity index (χ2v) is 21.6. The highest BCUT2D eigenvalue weighted by molar-refractivity contribution is 6.88. The van der Waals surface area contributed by atoms with Gasteiger partial charge < -0.3 is 9.80 Å². The Bertz CT molecular complexity index is 2740. The predicted octanol–water partition coefficient (Wildman–Crippen LogP) is 14.2. The molecule has 0 atom stereocenters. The minimum absolute atomic E-state index is 0.251. The van der Waals surface area contributed by atoms with E-state index in [2.05, 4.69) is 190 Å². The molecular formula is C51H45FN2Si. The fourth-order valence-corrected chi connectivity index (χ4v) is 9.72. The van der Waals surface area contributed by atoms with Crippen LogP contribution < -0.4 is 15.0 Å². The fourth-order valence-electron chi connectivity index (χ4n) is 8.55. The van der Waals surface area contributed by atoms with Crippen molar-refractivity contribution in [2.45, 2.75) is 45.8 Å². The maximum atomic E-state index is 14.9. The highest BCUT2D eigenvalue weighted by Crippen LogP contribution is 2.56. The Balaban J connectivity index is 1.25. The quantitative estimate of drug-likeness (QED) is 0.151. The second-order valence-electron chi connectivity index (χ2n) is 16.5. The van der Waals surface area contributed by atoms with E-state index in [4.69, 9.17) is 0 Å². The van der Waals surface area contributed by atoms with Gasteiger partial charge in [0.2, 0.25) is 0 Å². The molecule has 0 N–H and O–H groups in total. The molecule has 8 aromatic carbocycles. The molecule has 1 aliphatic carbocycles. The van der Waals surface area contributed by atoms with Gasteiger partial charge in [0.05, 0.1) is 19.4 Å². The van der Waals surface area contributed by atoms with Gasteiger partial charge in [0.25, 0.3) is 0 Å². The van der Waals surface area contributed by atoms with Gasteiger partial charge >= 0.3 is 0 Å². The first-order chi connectivity index (χ1) is 26.5. The van der Waals surface area contributed by atoms with Crippen molar-refractivity contribution < 1.29 is 4.39 Å². The molecule has 0 aliphatic heterocycles. The van der Waals surface area contributed by atoms with Crippen LogP contribution in [0.3, 0.4) is 0 Å². The van der Waals surface area contributed by atoms with Crippen molar-refractivity contribution in [2.24, 2.45) is 0 Å². The molecule has 8 aromatic rings. The maximum Gasteiger partial charge on any atom is 0.125 e. The van der Waals surface area contributed by atoms with Crippen LogP contribution in [-0.2, 0) is 5.41 Å². The Morgan fingerprint density at radius 3 is 1.82 bits per heavy atom. The number of nitrogens with zero attached hydrogens (tertiary/aromatic N) is 2. The summed E-state index contributed by atoms with van der Waals surface area (Å²) in [4.78, 5) is 4.64. The molecule has 0 saturated heterocycles. The lowest BCUT2D eigenvalue weighted by Crippen LogP contribution is -2.37. The van der Waals surface area contributed by atoms with Gasteiger partial charge in [-0.25, -0.2) is 4.39 Å². The van der Waals surface area contributed by atoms with E-state index in [-0.39, 0.29) is 11.2 Å². The van der Waals surface area contributed by atoms with E-state index >= 15 is 0 Å². The molecule has 0 radical (unpaired) electrons. The largest absolute Gasteiger partial charge is 0.310 e. The van der Waals surface area contributed by atoms with Gasteiger partial charge in [-0.1, -0.05) is 141 Å². The van der Waals surface area contributed by atoms with Gasteiger partial charge in [-0.3, -0.25) is 0 Å². The van der Waals surface area contributed by atoms with Crippen LogP contribution in [0.4, 0.5) is 38.5 Å². The van der Waals surface area contributed by atoms with Gasteiger partial charge in [0, 0.05) is 38.9 Å².